The predicted octanol–water partition coefficient (Wildman–Crippen LogP) is 5.58. The van der Waals surface area contributed by atoms with Gasteiger partial charge in [-0.1, -0.05) is 46.0 Å². The first kappa shape index (κ1) is 23.9. The molecular formula is C14H8Cl3F6N3O2. The summed E-state index contributed by atoms with van der Waals surface area (Å²) in [5.41, 5.74) is 1.84. The smallest absolute Gasteiger partial charge is 0.381 e. The van der Waals surface area contributed by atoms with Gasteiger partial charge in [0.25, 0.3) is 0 Å². The first-order chi connectivity index (χ1) is 12.7. The minimum Gasteiger partial charge on any atom is -0.381 e. The number of nitrogens with one attached hydrogen (secondary N) is 1. The minimum absolute atomic E-state index is 0.0263. The molecule has 0 aliphatic heterocycles. The fraction of sp³-hybridized carbons (Fsp3) is 0.143. The second kappa shape index (κ2) is 9.39. The zero-order chi connectivity index (χ0) is 21.7. The Morgan fingerprint density at radius 3 is 1.96 bits per heavy atom. The number of amidine groups is 1. The standard InChI is InChI=1S/C14H8Cl3F6N3O2/c15-10(16)11(17)25-12(27)28-26-9(24)2-1-6-3-7(13(18,19)20)5-8(4-6)14(21,22)23/h1-5H,(H2,24,26)(H,25,27). The molecule has 0 unspecified atom stereocenters. The Morgan fingerprint density at radius 2 is 1.54 bits per heavy atom. The van der Waals surface area contributed by atoms with E-state index in [1.165, 1.54) is 0 Å². The Balaban J connectivity index is 3.01. The van der Waals surface area contributed by atoms with E-state index in [2.05, 4.69) is 9.99 Å². The van der Waals surface area contributed by atoms with Gasteiger partial charge in [-0.3, -0.25) is 10.2 Å². The summed E-state index contributed by atoms with van der Waals surface area (Å²) in [6.07, 6.45) is -9.64. The number of rotatable bonds is 4. The summed E-state index contributed by atoms with van der Waals surface area (Å²) in [6.45, 7) is 0. The van der Waals surface area contributed by atoms with Crippen molar-refractivity contribution < 1.29 is 36.0 Å². The number of amides is 1. The van der Waals surface area contributed by atoms with Crippen molar-refractivity contribution in [3.8, 4) is 0 Å². The van der Waals surface area contributed by atoms with E-state index in [-0.39, 0.29) is 6.07 Å². The third-order valence-electron chi connectivity index (χ3n) is 2.67. The summed E-state index contributed by atoms with van der Waals surface area (Å²) in [7, 11) is 0. The van der Waals surface area contributed by atoms with E-state index in [4.69, 9.17) is 40.5 Å². The number of carbonyl (C=O) groups excluding carboxylic acids is 1. The number of alkyl halides is 6. The Hall–Kier alpha value is -2.11. The molecule has 5 nitrogen and oxygen atoms in total. The van der Waals surface area contributed by atoms with E-state index < -0.39 is 50.6 Å². The lowest BCUT2D eigenvalue weighted by atomic mass is 10.0. The van der Waals surface area contributed by atoms with Crippen molar-refractivity contribution >= 4 is 52.8 Å². The number of nitrogens with zero attached hydrogens (tertiary/aromatic N) is 1. The zero-order valence-corrected chi connectivity index (χ0v) is 15.4. The normalized spacial score (nSPS) is 12.8. The molecule has 0 bridgehead atoms. The molecule has 0 radical (unpaired) electrons. The topological polar surface area (TPSA) is 76.7 Å². The van der Waals surface area contributed by atoms with Gasteiger partial charge in [0.1, 0.15) is 9.65 Å². The molecular weight excluding hydrogens is 463 g/mol. The Labute approximate surface area is 168 Å². The van der Waals surface area contributed by atoms with Gasteiger partial charge in [0.05, 0.1) is 11.1 Å². The number of carbonyl (C=O) groups is 1. The second-order valence-corrected chi connectivity index (χ2v) is 6.09. The Bertz CT molecular complexity index is 798. The molecule has 1 aromatic carbocycles. The fourth-order valence-electron chi connectivity index (χ4n) is 1.54. The first-order valence-electron chi connectivity index (χ1n) is 6.70. The molecule has 3 N–H and O–H groups in total. The lowest BCUT2D eigenvalue weighted by Crippen LogP contribution is -2.21. The van der Waals surface area contributed by atoms with E-state index in [9.17, 15) is 31.1 Å². The lowest BCUT2D eigenvalue weighted by molar-refractivity contribution is -0.143. The summed E-state index contributed by atoms with van der Waals surface area (Å²) in [5.74, 6) is -0.557. The van der Waals surface area contributed by atoms with Crippen LogP contribution in [0.25, 0.3) is 6.08 Å². The molecule has 0 aromatic heterocycles. The van der Waals surface area contributed by atoms with E-state index >= 15 is 0 Å². The maximum absolute atomic E-state index is 12.8. The third-order valence-corrected chi connectivity index (χ3v) is 3.52. The van der Waals surface area contributed by atoms with Crippen molar-refractivity contribution in [3.63, 3.8) is 0 Å². The molecule has 0 saturated heterocycles. The quantitative estimate of drug-likeness (QED) is 0.151. The van der Waals surface area contributed by atoms with Crippen LogP contribution < -0.4 is 11.1 Å². The highest BCUT2D eigenvalue weighted by molar-refractivity contribution is 6.59. The Kier molecular flexibility index (Phi) is 8.03. The molecule has 28 heavy (non-hydrogen) atoms. The number of hydrogen-bond donors (Lipinski definition) is 2. The molecule has 0 aliphatic carbocycles. The van der Waals surface area contributed by atoms with Gasteiger partial charge in [0.2, 0.25) is 0 Å². The molecule has 1 amide bonds. The van der Waals surface area contributed by atoms with Crippen molar-refractivity contribution in [2.45, 2.75) is 12.4 Å². The fourth-order valence-corrected chi connectivity index (χ4v) is 1.71. The van der Waals surface area contributed by atoms with Crippen molar-refractivity contribution in [2.75, 3.05) is 0 Å². The van der Waals surface area contributed by atoms with Crippen LogP contribution in [0.15, 0.2) is 39.1 Å². The number of nitrogens with two attached hydrogens (primary N) is 1. The molecule has 1 rings (SSSR count). The monoisotopic (exact) mass is 469 g/mol. The van der Waals surface area contributed by atoms with Crippen molar-refractivity contribution in [2.24, 2.45) is 10.9 Å². The van der Waals surface area contributed by atoms with Gasteiger partial charge in [-0.2, -0.15) is 26.3 Å². The van der Waals surface area contributed by atoms with E-state index in [0.717, 1.165) is 12.2 Å². The lowest BCUT2D eigenvalue weighted by Gasteiger charge is -2.12. The highest BCUT2D eigenvalue weighted by Crippen LogP contribution is 2.36. The highest BCUT2D eigenvalue weighted by atomic mass is 35.5. The van der Waals surface area contributed by atoms with Gasteiger partial charge in [-0.25, -0.2) is 4.79 Å². The average Bonchev–Trinajstić information content (AvgIpc) is 2.56. The van der Waals surface area contributed by atoms with E-state index in [1.54, 1.807) is 0 Å². The highest BCUT2D eigenvalue weighted by Gasteiger charge is 2.36. The molecule has 0 atom stereocenters. The average molecular weight is 471 g/mol. The minimum atomic E-state index is -5.00. The van der Waals surface area contributed by atoms with Crippen LogP contribution in [0.1, 0.15) is 16.7 Å². The maximum atomic E-state index is 12.8. The zero-order valence-electron chi connectivity index (χ0n) is 13.1. The Morgan fingerprint density at radius 1 is 1.04 bits per heavy atom. The third kappa shape index (κ3) is 7.87. The molecule has 154 valence electrons. The first-order valence-corrected chi connectivity index (χ1v) is 7.83. The number of halogens is 9. The van der Waals surface area contributed by atoms with Gasteiger partial charge < -0.3 is 5.73 Å². The predicted molar refractivity (Wildman–Crippen MR) is 91.3 cm³/mol. The van der Waals surface area contributed by atoms with Gasteiger partial charge >= 0.3 is 18.4 Å². The van der Waals surface area contributed by atoms with Crippen LogP contribution in [0, 0.1) is 0 Å². The van der Waals surface area contributed by atoms with Crippen molar-refractivity contribution in [3.05, 3.63) is 50.6 Å². The SMILES string of the molecule is NC(C=Cc1cc(C(F)(F)F)cc(C(F)(F)F)c1)=NOC(=O)NC(Cl)=C(Cl)Cl. The van der Waals surface area contributed by atoms with Crippen LogP contribution in [0.2, 0.25) is 0 Å². The summed E-state index contributed by atoms with van der Waals surface area (Å²) in [4.78, 5) is 15.5. The van der Waals surface area contributed by atoms with Crippen LogP contribution in [0.4, 0.5) is 31.1 Å². The largest absolute Gasteiger partial charge is 0.438 e. The molecule has 0 heterocycles. The van der Waals surface area contributed by atoms with Crippen LogP contribution in [0.5, 0.6) is 0 Å². The van der Waals surface area contributed by atoms with Gasteiger partial charge in [0.15, 0.2) is 5.84 Å². The van der Waals surface area contributed by atoms with Gasteiger partial charge in [-0.15, -0.1) is 0 Å². The summed E-state index contributed by atoms with van der Waals surface area (Å²) >= 11 is 15.9. The van der Waals surface area contributed by atoms with Crippen LogP contribution >= 0.6 is 34.8 Å². The molecule has 14 heteroatoms. The van der Waals surface area contributed by atoms with Crippen molar-refractivity contribution in [1.82, 2.24) is 5.32 Å². The van der Waals surface area contributed by atoms with Crippen LogP contribution in [-0.4, -0.2) is 11.9 Å². The summed E-state index contributed by atoms with van der Waals surface area (Å²) < 4.78 is 76.1. The van der Waals surface area contributed by atoms with E-state index in [0.29, 0.717) is 12.1 Å². The summed E-state index contributed by atoms with van der Waals surface area (Å²) in [5, 5.41) is 4.43. The van der Waals surface area contributed by atoms with Crippen molar-refractivity contribution in [1.29, 1.82) is 0 Å². The summed E-state index contributed by atoms with van der Waals surface area (Å²) in [6, 6.07) is 0.917. The molecule has 0 saturated carbocycles. The molecule has 0 spiro atoms. The van der Waals surface area contributed by atoms with Gasteiger partial charge in [0, 0.05) is 0 Å². The number of oxime groups is 1. The van der Waals surface area contributed by atoms with Crippen LogP contribution in [-0.2, 0) is 17.2 Å². The maximum Gasteiger partial charge on any atom is 0.438 e. The molecule has 0 fully saturated rings. The van der Waals surface area contributed by atoms with Gasteiger partial charge in [-0.05, 0) is 29.8 Å². The van der Waals surface area contributed by atoms with Crippen LogP contribution in [0.3, 0.4) is 0 Å². The number of hydrogen-bond acceptors (Lipinski definition) is 3. The number of benzene rings is 1. The molecule has 0 aliphatic rings. The molecule has 1 aromatic rings. The van der Waals surface area contributed by atoms with E-state index in [1.807, 2.05) is 5.32 Å². The second-order valence-electron chi connectivity index (χ2n) is 4.77.